The van der Waals surface area contributed by atoms with Crippen LogP contribution in [-0.4, -0.2) is 32.1 Å². The Balaban J connectivity index is 2.56. The van der Waals surface area contributed by atoms with Gasteiger partial charge in [0, 0.05) is 19.2 Å². The van der Waals surface area contributed by atoms with Gasteiger partial charge in [-0.25, -0.2) is 4.39 Å². The Kier molecular flexibility index (Phi) is 4.52. The van der Waals surface area contributed by atoms with Crippen LogP contribution in [0.4, 0.5) is 4.39 Å². The highest BCUT2D eigenvalue weighted by Crippen LogP contribution is 2.15. The molecule has 0 saturated heterocycles. The first kappa shape index (κ1) is 11.9. The minimum absolute atomic E-state index is 0.308. The average Bonchev–Trinajstić information content (AvgIpc) is 2.16. The Morgan fingerprint density at radius 1 is 1.33 bits per heavy atom. The summed E-state index contributed by atoms with van der Waals surface area (Å²) >= 11 is 0. The number of nitrogens with zero attached hydrogens (tertiary/aromatic N) is 1. The standard InChI is InChI=1S/C11H17FN2O/c1-14(2)3-4-15-11-6-9(8-13)5-10(12)7-11/h5-7H,3-4,8,13H2,1-2H3. The number of nitrogens with two attached hydrogens (primary N) is 1. The summed E-state index contributed by atoms with van der Waals surface area (Å²) in [6, 6.07) is 4.55. The highest BCUT2D eigenvalue weighted by Gasteiger charge is 2.01. The van der Waals surface area contributed by atoms with Crippen LogP contribution in [-0.2, 0) is 6.54 Å². The third kappa shape index (κ3) is 4.27. The molecule has 1 rings (SSSR count). The van der Waals surface area contributed by atoms with E-state index in [-0.39, 0.29) is 5.82 Å². The number of ether oxygens (including phenoxy) is 1. The summed E-state index contributed by atoms with van der Waals surface area (Å²) in [4.78, 5) is 2.00. The molecule has 0 aliphatic rings. The quantitative estimate of drug-likeness (QED) is 0.797. The Hall–Kier alpha value is -1.13. The molecule has 2 N–H and O–H groups in total. The van der Waals surface area contributed by atoms with Crippen LogP contribution in [0.2, 0.25) is 0 Å². The number of hydrogen-bond donors (Lipinski definition) is 1. The van der Waals surface area contributed by atoms with Gasteiger partial charge < -0.3 is 15.4 Å². The van der Waals surface area contributed by atoms with Gasteiger partial charge in [0.15, 0.2) is 0 Å². The summed E-state index contributed by atoms with van der Waals surface area (Å²) in [7, 11) is 3.92. The minimum atomic E-state index is -0.308. The van der Waals surface area contributed by atoms with Crippen LogP contribution in [0.15, 0.2) is 18.2 Å². The molecule has 0 aliphatic carbocycles. The highest BCUT2D eigenvalue weighted by atomic mass is 19.1. The van der Waals surface area contributed by atoms with E-state index in [1.807, 2.05) is 19.0 Å². The van der Waals surface area contributed by atoms with E-state index in [0.717, 1.165) is 12.1 Å². The van der Waals surface area contributed by atoms with Gasteiger partial charge in [0.2, 0.25) is 0 Å². The van der Waals surface area contributed by atoms with E-state index in [0.29, 0.717) is 18.9 Å². The second kappa shape index (κ2) is 5.68. The molecule has 0 spiro atoms. The first-order chi connectivity index (χ1) is 7.11. The Bertz CT molecular complexity index is 315. The van der Waals surface area contributed by atoms with Crippen molar-refractivity contribution in [3.8, 4) is 5.75 Å². The fourth-order valence-corrected chi connectivity index (χ4v) is 1.17. The van der Waals surface area contributed by atoms with Gasteiger partial charge >= 0.3 is 0 Å². The van der Waals surface area contributed by atoms with Gasteiger partial charge in [-0.05, 0) is 31.8 Å². The lowest BCUT2D eigenvalue weighted by molar-refractivity contribution is 0.260. The van der Waals surface area contributed by atoms with Crippen molar-refractivity contribution in [2.45, 2.75) is 6.54 Å². The van der Waals surface area contributed by atoms with Crippen molar-refractivity contribution in [1.82, 2.24) is 4.90 Å². The molecular formula is C11H17FN2O. The van der Waals surface area contributed by atoms with Gasteiger partial charge in [0.1, 0.15) is 18.2 Å². The zero-order chi connectivity index (χ0) is 11.3. The SMILES string of the molecule is CN(C)CCOc1cc(F)cc(CN)c1. The van der Waals surface area contributed by atoms with Crippen LogP contribution < -0.4 is 10.5 Å². The molecule has 0 unspecified atom stereocenters. The maximum atomic E-state index is 13.1. The van der Waals surface area contributed by atoms with Gasteiger partial charge in [0.05, 0.1) is 0 Å². The van der Waals surface area contributed by atoms with Gasteiger partial charge in [0.25, 0.3) is 0 Å². The molecular weight excluding hydrogens is 195 g/mol. The second-order valence-electron chi connectivity index (χ2n) is 3.65. The number of likely N-dealkylation sites (N-methyl/N-ethyl adjacent to an activating group) is 1. The van der Waals surface area contributed by atoms with Crippen molar-refractivity contribution in [2.75, 3.05) is 27.2 Å². The largest absolute Gasteiger partial charge is 0.492 e. The molecule has 0 amide bonds. The fraction of sp³-hybridized carbons (Fsp3) is 0.455. The first-order valence-corrected chi connectivity index (χ1v) is 4.89. The van der Waals surface area contributed by atoms with Crippen molar-refractivity contribution in [2.24, 2.45) is 5.73 Å². The molecule has 1 aromatic rings. The Morgan fingerprint density at radius 3 is 2.67 bits per heavy atom. The summed E-state index contributed by atoms with van der Waals surface area (Å²) in [6.07, 6.45) is 0. The van der Waals surface area contributed by atoms with Gasteiger partial charge in [-0.1, -0.05) is 0 Å². The maximum Gasteiger partial charge on any atom is 0.127 e. The first-order valence-electron chi connectivity index (χ1n) is 4.89. The fourth-order valence-electron chi connectivity index (χ4n) is 1.17. The van der Waals surface area contributed by atoms with Crippen LogP contribution in [0.1, 0.15) is 5.56 Å². The summed E-state index contributed by atoms with van der Waals surface area (Å²) in [5, 5.41) is 0. The number of halogens is 1. The number of benzene rings is 1. The normalized spacial score (nSPS) is 10.7. The molecule has 15 heavy (non-hydrogen) atoms. The third-order valence-electron chi connectivity index (χ3n) is 1.97. The molecule has 0 heterocycles. The van der Waals surface area contributed by atoms with Crippen LogP contribution in [0.25, 0.3) is 0 Å². The zero-order valence-electron chi connectivity index (χ0n) is 9.16. The van der Waals surface area contributed by atoms with E-state index in [1.165, 1.54) is 12.1 Å². The highest BCUT2D eigenvalue weighted by molar-refractivity contribution is 5.29. The van der Waals surface area contributed by atoms with Gasteiger partial charge in [-0.3, -0.25) is 0 Å². The van der Waals surface area contributed by atoms with E-state index in [4.69, 9.17) is 10.5 Å². The van der Waals surface area contributed by atoms with Gasteiger partial charge in [-0.2, -0.15) is 0 Å². The third-order valence-corrected chi connectivity index (χ3v) is 1.97. The van der Waals surface area contributed by atoms with E-state index < -0.39 is 0 Å². The monoisotopic (exact) mass is 212 g/mol. The smallest absolute Gasteiger partial charge is 0.127 e. The lowest BCUT2D eigenvalue weighted by Gasteiger charge is -2.11. The van der Waals surface area contributed by atoms with Crippen molar-refractivity contribution < 1.29 is 9.13 Å². The number of hydrogen-bond acceptors (Lipinski definition) is 3. The van der Waals surface area contributed by atoms with Crippen LogP contribution in [0.5, 0.6) is 5.75 Å². The summed E-state index contributed by atoms with van der Waals surface area (Å²) in [5.41, 5.74) is 6.18. The predicted molar refractivity (Wildman–Crippen MR) is 58.3 cm³/mol. The van der Waals surface area contributed by atoms with Crippen molar-refractivity contribution in [1.29, 1.82) is 0 Å². The van der Waals surface area contributed by atoms with E-state index in [9.17, 15) is 4.39 Å². The molecule has 4 heteroatoms. The summed E-state index contributed by atoms with van der Waals surface area (Å²) in [5.74, 6) is 0.232. The molecule has 0 radical (unpaired) electrons. The average molecular weight is 212 g/mol. The molecule has 0 saturated carbocycles. The van der Waals surface area contributed by atoms with E-state index in [2.05, 4.69) is 0 Å². The molecule has 0 aromatic heterocycles. The minimum Gasteiger partial charge on any atom is -0.492 e. The van der Waals surface area contributed by atoms with Crippen molar-refractivity contribution in [3.05, 3.63) is 29.6 Å². The molecule has 0 fully saturated rings. The Labute approximate surface area is 89.6 Å². The molecule has 0 bridgehead atoms. The van der Waals surface area contributed by atoms with Crippen LogP contribution in [0, 0.1) is 5.82 Å². The van der Waals surface area contributed by atoms with Crippen molar-refractivity contribution >= 4 is 0 Å². The van der Waals surface area contributed by atoms with Crippen LogP contribution in [0.3, 0.4) is 0 Å². The van der Waals surface area contributed by atoms with E-state index in [1.54, 1.807) is 6.07 Å². The lowest BCUT2D eigenvalue weighted by Crippen LogP contribution is -2.19. The molecule has 84 valence electrons. The molecule has 0 atom stereocenters. The van der Waals surface area contributed by atoms with Crippen LogP contribution >= 0.6 is 0 Å². The number of rotatable bonds is 5. The second-order valence-corrected chi connectivity index (χ2v) is 3.65. The maximum absolute atomic E-state index is 13.1. The lowest BCUT2D eigenvalue weighted by atomic mass is 10.2. The summed E-state index contributed by atoms with van der Waals surface area (Å²) in [6.45, 7) is 1.66. The zero-order valence-corrected chi connectivity index (χ0v) is 9.16. The van der Waals surface area contributed by atoms with Gasteiger partial charge in [-0.15, -0.1) is 0 Å². The predicted octanol–water partition coefficient (Wildman–Crippen LogP) is 1.22. The van der Waals surface area contributed by atoms with Crippen molar-refractivity contribution in [3.63, 3.8) is 0 Å². The molecule has 1 aromatic carbocycles. The molecule has 0 aliphatic heterocycles. The summed E-state index contributed by atoms with van der Waals surface area (Å²) < 4.78 is 18.5. The molecule has 3 nitrogen and oxygen atoms in total. The topological polar surface area (TPSA) is 38.5 Å². The van der Waals surface area contributed by atoms with E-state index >= 15 is 0 Å². The Morgan fingerprint density at radius 2 is 2.07 bits per heavy atom.